The van der Waals surface area contributed by atoms with Gasteiger partial charge in [-0.05, 0) is 67.5 Å². The Hall–Kier alpha value is -2.12. The largest absolute Gasteiger partial charge is 0.352 e. The van der Waals surface area contributed by atoms with Gasteiger partial charge < -0.3 is 5.32 Å². The van der Waals surface area contributed by atoms with E-state index in [1.54, 1.807) is 0 Å². The second-order valence-electron chi connectivity index (χ2n) is 9.22. The van der Waals surface area contributed by atoms with E-state index in [-0.39, 0.29) is 11.9 Å². The Bertz CT molecular complexity index is 1110. The van der Waals surface area contributed by atoms with Crippen molar-refractivity contribution in [3.05, 3.63) is 58.1 Å². The number of amides is 1. The van der Waals surface area contributed by atoms with E-state index in [2.05, 4.69) is 81.9 Å². The Balaban J connectivity index is 1.59. The molecule has 33 heavy (non-hydrogen) atoms. The molecule has 174 valence electrons. The Morgan fingerprint density at radius 2 is 1.79 bits per heavy atom. The summed E-state index contributed by atoms with van der Waals surface area (Å²) >= 11 is 4.94. The van der Waals surface area contributed by atoms with E-state index in [0.29, 0.717) is 17.6 Å². The molecule has 0 bridgehead atoms. The predicted octanol–water partition coefficient (Wildman–Crippen LogP) is 6.35. The number of nitrogens with zero attached hydrogens (tertiary/aromatic N) is 3. The molecular weight excluding hydrogens is 496 g/mol. The van der Waals surface area contributed by atoms with Crippen LogP contribution in [0.5, 0.6) is 0 Å². The molecule has 1 heterocycles. The first-order valence-corrected chi connectivity index (χ1v) is 13.3. The standard InChI is InChI=1S/C26H31BrN4OS/c1-16-12-17(2)14-22(13-16)31-25(20-8-10-21(27)11-9-20)29-30-26(31)33-15-24(32)28-23-7-5-6-18(3)19(23)4/h8-14,18-19,23H,5-7,15H2,1-4H3,(H,28,32)/t18-,19+,23+/m0/s1. The van der Waals surface area contributed by atoms with Crippen LogP contribution in [-0.2, 0) is 4.79 Å². The predicted molar refractivity (Wildman–Crippen MR) is 139 cm³/mol. The van der Waals surface area contributed by atoms with Gasteiger partial charge in [-0.25, -0.2) is 0 Å². The van der Waals surface area contributed by atoms with Crippen molar-refractivity contribution in [1.29, 1.82) is 0 Å². The summed E-state index contributed by atoms with van der Waals surface area (Å²) in [5.74, 6) is 2.31. The van der Waals surface area contributed by atoms with Crippen molar-refractivity contribution in [2.75, 3.05) is 5.75 Å². The summed E-state index contributed by atoms with van der Waals surface area (Å²) in [5.41, 5.74) is 4.34. The smallest absolute Gasteiger partial charge is 0.230 e. The van der Waals surface area contributed by atoms with Gasteiger partial charge in [0.05, 0.1) is 11.4 Å². The van der Waals surface area contributed by atoms with Crippen molar-refractivity contribution >= 4 is 33.6 Å². The molecule has 7 heteroatoms. The molecule has 0 unspecified atom stereocenters. The first-order valence-electron chi connectivity index (χ1n) is 11.5. The number of carbonyl (C=O) groups is 1. The highest BCUT2D eigenvalue weighted by molar-refractivity contribution is 9.10. The summed E-state index contributed by atoms with van der Waals surface area (Å²) in [6, 6.07) is 14.7. The number of hydrogen-bond acceptors (Lipinski definition) is 4. The van der Waals surface area contributed by atoms with Gasteiger partial charge in [0.1, 0.15) is 0 Å². The van der Waals surface area contributed by atoms with Crippen molar-refractivity contribution in [3.63, 3.8) is 0 Å². The molecule has 1 amide bonds. The number of nitrogens with one attached hydrogen (secondary N) is 1. The van der Waals surface area contributed by atoms with Crippen LogP contribution in [0.25, 0.3) is 17.1 Å². The minimum absolute atomic E-state index is 0.0612. The van der Waals surface area contributed by atoms with Gasteiger partial charge in [0.15, 0.2) is 11.0 Å². The van der Waals surface area contributed by atoms with Crippen LogP contribution in [0.1, 0.15) is 44.2 Å². The van der Waals surface area contributed by atoms with Crippen molar-refractivity contribution in [2.24, 2.45) is 11.8 Å². The third-order valence-corrected chi connectivity index (χ3v) is 8.04. The third-order valence-electron chi connectivity index (χ3n) is 6.59. The minimum Gasteiger partial charge on any atom is -0.352 e. The average Bonchev–Trinajstić information content (AvgIpc) is 3.19. The van der Waals surface area contributed by atoms with E-state index in [4.69, 9.17) is 0 Å². The maximum absolute atomic E-state index is 12.8. The number of aromatic nitrogens is 3. The van der Waals surface area contributed by atoms with E-state index in [0.717, 1.165) is 33.1 Å². The van der Waals surface area contributed by atoms with Crippen LogP contribution in [0, 0.1) is 25.7 Å². The second kappa shape index (κ2) is 10.4. The molecule has 0 aliphatic heterocycles. The fourth-order valence-corrected chi connectivity index (χ4v) is 5.65. The fourth-order valence-electron chi connectivity index (χ4n) is 4.63. The number of aryl methyl sites for hydroxylation is 2. The highest BCUT2D eigenvalue weighted by atomic mass is 79.9. The van der Waals surface area contributed by atoms with E-state index in [9.17, 15) is 4.79 Å². The monoisotopic (exact) mass is 526 g/mol. The van der Waals surface area contributed by atoms with Crippen molar-refractivity contribution in [1.82, 2.24) is 20.1 Å². The van der Waals surface area contributed by atoms with Gasteiger partial charge in [-0.1, -0.05) is 72.6 Å². The molecule has 3 aromatic rings. The molecule has 5 nitrogen and oxygen atoms in total. The van der Waals surface area contributed by atoms with E-state index >= 15 is 0 Å². The quantitative estimate of drug-likeness (QED) is 0.380. The molecule has 1 saturated carbocycles. The lowest BCUT2D eigenvalue weighted by Gasteiger charge is -2.34. The topological polar surface area (TPSA) is 59.8 Å². The van der Waals surface area contributed by atoms with Gasteiger partial charge in [-0.2, -0.15) is 0 Å². The highest BCUT2D eigenvalue weighted by Gasteiger charge is 2.28. The number of hydrogen-bond donors (Lipinski definition) is 1. The van der Waals surface area contributed by atoms with Gasteiger partial charge in [0, 0.05) is 16.1 Å². The zero-order valence-electron chi connectivity index (χ0n) is 19.6. The van der Waals surface area contributed by atoms with Crippen LogP contribution in [0.2, 0.25) is 0 Å². The Morgan fingerprint density at radius 3 is 2.48 bits per heavy atom. The number of benzene rings is 2. The van der Waals surface area contributed by atoms with Gasteiger partial charge in [0.2, 0.25) is 5.91 Å². The van der Waals surface area contributed by atoms with Crippen molar-refractivity contribution < 1.29 is 4.79 Å². The molecule has 0 radical (unpaired) electrons. The first kappa shape index (κ1) is 24.0. The molecule has 3 atom stereocenters. The molecule has 1 aromatic heterocycles. The Labute approximate surface area is 208 Å². The first-order chi connectivity index (χ1) is 15.8. The highest BCUT2D eigenvalue weighted by Crippen LogP contribution is 2.31. The lowest BCUT2D eigenvalue weighted by atomic mass is 9.78. The van der Waals surface area contributed by atoms with Crippen LogP contribution in [0.3, 0.4) is 0 Å². The van der Waals surface area contributed by atoms with Crippen molar-refractivity contribution in [2.45, 2.75) is 58.2 Å². The third kappa shape index (κ3) is 5.69. The van der Waals surface area contributed by atoms with Crippen LogP contribution in [0.15, 0.2) is 52.1 Å². The van der Waals surface area contributed by atoms with Crippen LogP contribution in [-0.4, -0.2) is 32.5 Å². The van der Waals surface area contributed by atoms with Crippen LogP contribution >= 0.6 is 27.7 Å². The summed E-state index contributed by atoms with van der Waals surface area (Å²) in [6.45, 7) is 8.72. The van der Waals surface area contributed by atoms with Gasteiger partial charge >= 0.3 is 0 Å². The summed E-state index contributed by atoms with van der Waals surface area (Å²) in [4.78, 5) is 12.8. The molecule has 1 fully saturated rings. The second-order valence-corrected chi connectivity index (χ2v) is 11.1. The molecule has 1 aliphatic carbocycles. The summed E-state index contributed by atoms with van der Waals surface area (Å²) in [7, 11) is 0. The lowest BCUT2D eigenvalue weighted by molar-refractivity contribution is -0.120. The molecule has 2 aromatic carbocycles. The number of halogens is 1. The van der Waals surface area contributed by atoms with Crippen LogP contribution < -0.4 is 5.32 Å². The van der Waals surface area contributed by atoms with E-state index in [1.807, 2.05) is 24.3 Å². The van der Waals surface area contributed by atoms with E-state index < -0.39 is 0 Å². The summed E-state index contributed by atoms with van der Waals surface area (Å²) in [5, 5.41) is 13.0. The molecule has 0 spiro atoms. The fraction of sp³-hybridized carbons (Fsp3) is 0.423. The molecule has 1 aliphatic rings. The van der Waals surface area contributed by atoms with Crippen molar-refractivity contribution in [3.8, 4) is 17.1 Å². The van der Waals surface area contributed by atoms with E-state index in [1.165, 1.54) is 35.7 Å². The molecule has 0 saturated heterocycles. The lowest BCUT2D eigenvalue weighted by Crippen LogP contribution is -2.44. The molecule has 4 rings (SSSR count). The maximum Gasteiger partial charge on any atom is 0.230 e. The van der Waals surface area contributed by atoms with Gasteiger partial charge in [-0.3, -0.25) is 9.36 Å². The Kier molecular flexibility index (Phi) is 7.59. The zero-order chi connectivity index (χ0) is 23.5. The number of rotatable bonds is 6. The Morgan fingerprint density at radius 1 is 1.09 bits per heavy atom. The maximum atomic E-state index is 12.8. The normalized spacial score (nSPS) is 20.6. The minimum atomic E-state index is 0.0612. The zero-order valence-corrected chi connectivity index (χ0v) is 22.0. The summed E-state index contributed by atoms with van der Waals surface area (Å²) < 4.78 is 3.08. The van der Waals surface area contributed by atoms with Gasteiger partial charge in [0.25, 0.3) is 0 Å². The molecule has 1 N–H and O–H groups in total. The SMILES string of the molecule is Cc1cc(C)cc(-n2c(SCC(=O)N[C@@H]3CCC[C@H](C)[C@H]3C)nnc2-c2ccc(Br)cc2)c1. The number of thioether (sulfide) groups is 1. The average molecular weight is 528 g/mol. The van der Waals surface area contributed by atoms with Crippen LogP contribution in [0.4, 0.5) is 0 Å². The van der Waals surface area contributed by atoms with Gasteiger partial charge in [-0.15, -0.1) is 10.2 Å². The summed E-state index contributed by atoms with van der Waals surface area (Å²) in [6.07, 6.45) is 3.50. The molecular formula is C26H31BrN4OS. The number of carbonyl (C=O) groups excluding carboxylic acids is 1.